The van der Waals surface area contributed by atoms with Gasteiger partial charge in [-0.15, -0.1) is 24.0 Å². The van der Waals surface area contributed by atoms with Crippen LogP contribution in [-0.2, 0) is 9.53 Å². The molecule has 1 amide bonds. The lowest BCUT2D eigenvalue weighted by Gasteiger charge is -2.21. The number of nitrogens with zero attached hydrogens (tertiary/aromatic N) is 2. The van der Waals surface area contributed by atoms with E-state index in [0.29, 0.717) is 18.9 Å². The van der Waals surface area contributed by atoms with Crippen molar-refractivity contribution in [3.8, 4) is 0 Å². The van der Waals surface area contributed by atoms with E-state index in [1.165, 1.54) is 0 Å². The number of aliphatic imine (C=N–C) groups is 1. The molecule has 22 heavy (non-hydrogen) atoms. The van der Waals surface area contributed by atoms with Crippen LogP contribution in [0.3, 0.4) is 0 Å². The van der Waals surface area contributed by atoms with Gasteiger partial charge in [0.05, 0.1) is 6.61 Å². The molecule has 0 aromatic carbocycles. The van der Waals surface area contributed by atoms with Crippen molar-refractivity contribution < 1.29 is 9.53 Å². The molecular weight excluding hydrogens is 395 g/mol. The molecule has 0 spiro atoms. The monoisotopic (exact) mass is 426 g/mol. The number of amides is 1. The van der Waals surface area contributed by atoms with Gasteiger partial charge in [0.15, 0.2) is 5.96 Å². The SMILES string of the molecule is CCC(C)NC(=O)CCNC(=NC)N1CCC(COC)C1.I. The number of halogens is 1. The first-order chi connectivity index (χ1) is 10.1. The maximum Gasteiger partial charge on any atom is 0.221 e. The van der Waals surface area contributed by atoms with Crippen LogP contribution in [0.5, 0.6) is 0 Å². The molecule has 0 aromatic heterocycles. The molecular formula is C15H31IN4O2. The van der Waals surface area contributed by atoms with Crippen molar-refractivity contribution in [2.24, 2.45) is 10.9 Å². The van der Waals surface area contributed by atoms with Gasteiger partial charge in [0, 0.05) is 52.2 Å². The van der Waals surface area contributed by atoms with Gasteiger partial charge in [-0.1, -0.05) is 6.92 Å². The molecule has 1 saturated heterocycles. The number of carbonyl (C=O) groups excluding carboxylic acids is 1. The smallest absolute Gasteiger partial charge is 0.221 e. The third-order valence-corrected chi connectivity index (χ3v) is 3.85. The first kappa shape index (κ1) is 21.4. The summed E-state index contributed by atoms with van der Waals surface area (Å²) in [6, 6.07) is 0.241. The van der Waals surface area contributed by atoms with Gasteiger partial charge in [0.2, 0.25) is 5.91 Å². The number of hydrogen-bond acceptors (Lipinski definition) is 3. The second kappa shape index (κ2) is 11.9. The predicted molar refractivity (Wildman–Crippen MR) is 101 cm³/mol. The summed E-state index contributed by atoms with van der Waals surface area (Å²) >= 11 is 0. The Labute approximate surface area is 151 Å². The van der Waals surface area contributed by atoms with Crippen molar-refractivity contribution in [2.75, 3.05) is 40.4 Å². The minimum atomic E-state index is 0. The molecule has 2 unspecified atom stereocenters. The Morgan fingerprint density at radius 3 is 2.82 bits per heavy atom. The van der Waals surface area contributed by atoms with Crippen molar-refractivity contribution in [3.05, 3.63) is 0 Å². The average molecular weight is 426 g/mol. The lowest BCUT2D eigenvalue weighted by molar-refractivity contribution is -0.121. The highest BCUT2D eigenvalue weighted by atomic mass is 127. The normalized spacial score (nSPS) is 19.5. The van der Waals surface area contributed by atoms with Crippen molar-refractivity contribution in [3.63, 3.8) is 0 Å². The van der Waals surface area contributed by atoms with E-state index in [1.54, 1.807) is 14.2 Å². The van der Waals surface area contributed by atoms with Crippen LogP contribution >= 0.6 is 24.0 Å². The van der Waals surface area contributed by atoms with Crippen LogP contribution in [0, 0.1) is 5.92 Å². The van der Waals surface area contributed by atoms with Gasteiger partial charge in [-0.2, -0.15) is 0 Å². The lowest BCUT2D eigenvalue weighted by Crippen LogP contribution is -2.42. The Morgan fingerprint density at radius 1 is 1.50 bits per heavy atom. The third kappa shape index (κ3) is 7.62. The van der Waals surface area contributed by atoms with Crippen LogP contribution in [0.4, 0.5) is 0 Å². The summed E-state index contributed by atoms with van der Waals surface area (Å²) in [6.07, 6.45) is 2.55. The molecule has 0 aliphatic carbocycles. The van der Waals surface area contributed by atoms with E-state index in [4.69, 9.17) is 4.74 Å². The Hall–Kier alpha value is -0.570. The summed E-state index contributed by atoms with van der Waals surface area (Å²) in [7, 11) is 3.52. The van der Waals surface area contributed by atoms with Gasteiger partial charge in [-0.05, 0) is 19.8 Å². The van der Waals surface area contributed by atoms with Crippen molar-refractivity contribution >= 4 is 35.8 Å². The summed E-state index contributed by atoms with van der Waals surface area (Å²) in [5, 5.41) is 6.24. The number of nitrogens with one attached hydrogen (secondary N) is 2. The predicted octanol–water partition coefficient (Wildman–Crippen LogP) is 1.45. The quantitative estimate of drug-likeness (QED) is 0.368. The van der Waals surface area contributed by atoms with Crippen molar-refractivity contribution in [2.45, 2.75) is 39.2 Å². The summed E-state index contributed by atoms with van der Waals surface area (Å²) in [6.45, 7) is 7.45. The number of rotatable bonds is 7. The van der Waals surface area contributed by atoms with Crippen LogP contribution in [-0.4, -0.2) is 63.2 Å². The van der Waals surface area contributed by atoms with Crippen LogP contribution in [0.2, 0.25) is 0 Å². The van der Waals surface area contributed by atoms with E-state index in [9.17, 15) is 4.79 Å². The Morgan fingerprint density at radius 2 is 2.23 bits per heavy atom. The highest BCUT2D eigenvalue weighted by molar-refractivity contribution is 14.0. The Bertz CT molecular complexity index is 352. The van der Waals surface area contributed by atoms with Gasteiger partial charge in [-0.3, -0.25) is 9.79 Å². The van der Waals surface area contributed by atoms with Crippen molar-refractivity contribution in [1.82, 2.24) is 15.5 Å². The molecule has 2 atom stereocenters. The first-order valence-corrected chi connectivity index (χ1v) is 7.84. The largest absolute Gasteiger partial charge is 0.384 e. The van der Waals surface area contributed by atoms with Crippen LogP contribution < -0.4 is 10.6 Å². The highest BCUT2D eigenvalue weighted by Gasteiger charge is 2.24. The number of carbonyl (C=O) groups is 1. The van der Waals surface area contributed by atoms with Gasteiger partial charge < -0.3 is 20.3 Å². The molecule has 1 fully saturated rings. The van der Waals surface area contributed by atoms with E-state index in [2.05, 4.69) is 27.4 Å². The summed E-state index contributed by atoms with van der Waals surface area (Å²) in [5.41, 5.74) is 0. The maximum absolute atomic E-state index is 11.7. The van der Waals surface area contributed by atoms with Gasteiger partial charge in [0.25, 0.3) is 0 Å². The molecule has 1 heterocycles. The number of methoxy groups -OCH3 is 1. The molecule has 130 valence electrons. The second-order valence-corrected chi connectivity index (χ2v) is 5.66. The standard InChI is InChI=1S/C15H30N4O2.HI/c1-5-12(2)18-14(20)6-8-17-15(16-3)19-9-7-13(10-19)11-21-4;/h12-13H,5-11H2,1-4H3,(H,16,17)(H,18,20);1H. The molecule has 2 N–H and O–H groups in total. The summed E-state index contributed by atoms with van der Waals surface area (Å²) in [4.78, 5) is 18.2. The lowest BCUT2D eigenvalue weighted by atomic mass is 10.1. The van der Waals surface area contributed by atoms with E-state index in [1.807, 2.05) is 6.92 Å². The van der Waals surface area contributed by atoms with E-state index in [-0.39, 0.29) is 35.9 Å². The highest BCUT2D eigenvalue weighted by Crippen LogP contribution is 2.16. The molecule has 0 radical (unpaired) electrons. The van der Waals surface area contributed by atoms with E-state index in [0.717, 1.165) is 38.5 Å². The molecule has 1 aliphatic rings. The number of guanidine groups is 1. The minimum absolute atomic E-state index is 0. The third-order valence-electron chi connectivity index (χ3n) is 3.85. The molecule has 7 heteroatoms. The van der Waals surface area contributed by atoms with Crippen LogP contribution in [0.25, 0.3) is 0 Å². The zero-order valence-corrected chi connectivity index (χ0v) is 16.6. The van der Waals surface area contributed by atoms with Gasteiger partial charge >= 0.3 is 0 Å². The fraction of sp³-hybridized carbons (Fsp3) is 0.867. The topological polar surface area (TPSA) is 66.0 Å². The number of likely N-dealkylation sites (tertiary alicyclic amines) is 1. The second-order valence-electron chi connectivity index (χ2n) is 5.66. The summed E-state index contributed by atoms with van der Waals surface area (Å²) in [5.74, 6) is 1.54. The molecule has 1 rings (SSSR count). The van der Waals surface area contributed by atoms with Gasteiger partial charge in [0.1, 0.15) is 0 Å². The Kier molecular flexibility index (Phi) is 11.6. The zero-order chi connectivity index (χ0) is 15.7. The first-order valence-electron chi connectivity index (χ1n) is 7.84. The van der Waals surface area contributed by atoms with Crippen molar-refractivity contribution in [1.29, 1.82) is 0 Å². The fourth-order valence-corrected chi connectivity index (χ4v) is 2.47. The molecule has 0 saturated carbocycles. The van der Waals surface area contributed by atoms with Crippen LogP contribution in [0.1, 0.15) is 33.1 Å². The summed E-state index contributed by atoms with van der Waals surface area (Å²) < 4.78 is 5.21. The van der Waals surface area contributed by atoms with E-state index < -0.39 is 0 Å². The van der Waals surface area contributed by atoms with E-state index >= 15 is 0 Å². The minimum Gasteiger partial charge on any atom is -0.384 e. The average Bonchev–Trinajstić information content (AvgIpc) is 2.92. The molecule has 1 aliphatic heterocycles. The van der Waals surface area contributed by atoms with Crippen LogP contribution in [0.15, 0.2) is 4.99 Å². The maximum atomic E-state index is 11.7. The number of ether oxygens (including phenoxy) is 1. The zero-order valence-electron chi connectivity index (χ0n) is 14.2. The molecule has 6 nitrogen and oxygen atoms in total. The molecule has 0 bridgehead atoms. The Balaban J connectivity index is 0.00000441. The fourth-order valence-electron chi connectivity index (χ4n) is 2.47. The van der Waals surface area contributed by atoms with Gasteiger partial charge in [-0.25, -0.2) is 0 Å². The number of hydrogen-bond donors (Lipinski definition) is 2. The molecule has 0 aromatic rings.